The summed E-state index contributed by atoms with van der Waals surface area (Å²) in [6, 6.07) is 4.75. The number of carbonyl (C=O) groups excluding carboxylic acids is 1. The highest BCUT2D eigenvalue weighted by Gasteiger charge is 2.16. The van der Waals surface area contributed by atoms with Gasteiger partial charge in [-0.15, -0.1) is 0 Å². The lowest BCUT2D eigenvalue weighted by Crippen LogP contribution is -2.19. The molecule has 1 heterocycles. The van der Waals surface area contributed by atoms with E-state index in [9.17, 15) is 9.59 Å². The van der Waals surface area contributed by atoms with Crippen LogP contribution >= 0.6 is 0 Å². The van der Waals surface area contributed by atoms with Crippen LogP contribution in [0.3, 0.4) is 0 Å². The first-order valence-corrected chi connectivity index (χ1v) is 7.82. The fourth-order valence-corrected chi connectivity index (χ4v) is 2.73. The van der Waals surface area contributed by atoms with Gasteiger partial charge in [-0.05, 0) is 48.9 Å². The van der Waals surface area contributed by atoms with Crippen LogP contribution in [-0.4, -0.2) is 37.3 Å². The Morgan fingerprint density at radius 1 is 1.30 bits per heavy atom. The first kappa shape index (κ1) is 17.4. The molecule has 0 aliphatic carbocycles. The Balaban J connectivity index is 1.94. The van der Waals surface area contributed by atoms with E-state index in [1.54, 1.807) is 19.2 Å². The second-order valence-corrected chi connectivity index (χ2v) is 5.80. The van der Waals surface area contributed by atoms with Crippen LogP contribution in [0.25, 0.3) is 0 Å². The molecule has 23 heavy (non-hydrogen) atoms. The predicted octanol–water partition coefficient (Wildman–Crippen LogP) is 2.68. The van der Waals surface area contributed by atoms with Crippen molar-refractivity contribution in [3.05, 3.63) is 29.3 Å². The molecule has 1 aliphatic rings. The Morgan fingerprint density at radius 2 is 2.04 bits per heavy atom. The molecular weight excluding hydrogens is 298 g/mol. The molecule has 0 unspecified atom stereocenters. The number of benzene rings is 1. The molecule has 2 rings (SSSR count). The van der Waals surface area contributed by atoms with Crippen LogP contribution in [0.1, 0.15) is 41.6 Å². The minimum atomic E-state index is -1.03. The van der Waals surface area contributed by atoms with Gasteiger partial charge in [-0.25, -0.2) is 4.79 Å². The number of carbonyl (C=O) groups is 2. The van der Waals surface area contributed by atoms with E-state index in [0.29, 0.717) is 30.2 Å². The fraction of sp³-hybridized carbons (Fsp3) is 0.529. The molecule has 1 saturated heterocycles. The molecule has 0 saturated carbocycles. The first-order valence-electron chi connectivity index (χ1n) is 7.82. The maximum atomic E-state index is 12.1. The van der Waals surface area contributed by atoms with Gasteiger partial charge >= 0.3 is 5.97 Å². The zero-order chi connectivity index (χ0) is 16.7. The molecule has 0 bridgehead atoms. The van der Waals surface area contributed by atoms with Crippen molar-refractivity contribution in [1.82, 2.24) is 0 Å². The molecule has 6 heteroatoms. The molecule has 1 aliphatic heterocycles. The van der Waals surface area contributed by atoms with Gasteiger partial charge in [0.1, 0.15) is 0 Å². The molecule has 0 spiro atoms. The lowest BCUT2D eigenvalue weighted by molar-refractivity contribution is -0.116. The van der Waals surface area contributed by atoms with Crippen LogP contribution in [0.15, 0.2) is 18.2 Å². The monoisotopic (exact) mass is 321 g/mol. The maximum absolute atomic E-state index is 12.1. The fourth-order valence-electron chi connectivity index (χ4n) is 2.73. The SMILES string of the molecule is COCc1cc(NC(=O)CCC2CCOCC2)cc(C(=O)O)c1. The molecule has 0 atom stereocenters. The Kier molecular flexibility index (Phi) is 6.55. The van der Waals surface area contributed by atoms with Gasteiger partial charge in [0, 0.05) is 32.4 Å². The maximum Gasteiger partial charge on any atom is 0.335 e. The van der Waals surface area contributed by atoms with Gasteiger partial charge in [-0.1, -0.05) is 0 Å². The van der Waals surface area contributed by atoms with E-state index < -0.39 is 5.97 Å². The summed E-state index contributed by atoms with van der Waals surface area (Å²) in [4.78, 5) is 23.2. The van der Waals surface area contributed by atoms with Gasteiger partial charge in [0.2, 0.25) is 5.91 Å². The molecule has 126 valence electrons. The highest BCUT2D eigenvalue weighted by molar-refractivity contribution is 5.94. The minimum absolute atomic E-state index is 0.0950. The van der Waals surface area contributed by atoms with E-state index in [1.165, 1.54) is 6.07 Å². The number of carboxylic acid groups (broad SMARTS) is 1. The third kappa shape index (κ3) is 5.65. The summed E-state index contributed by atoms with van der Waals surface area (Å²) >= 11 is 0. The number of methoxy groups -OCH3 is 1. The van der Waals surface area contributed by atoms with E-state index in [2.05, 4.69) is 5.32 Å². The number of aromatic carboxylic acids is 1. The minimum Gasteiger partial charge on any atom is -0.478 e. The second kappa shape index (κ2) is 8.64. The van der Waals surface area contributed by atoms with Crippen molar-refractivity contribution >= 4 is 17.6 Å². The molecular formula is C17H23NO5. The highest BCUT2D eigenvalue weighted by Crippen LogP contribution is 2.21. The van der Waals surface area contributed by atoms with Crippen LogP contribution in [0.4, 0.5) is 5.69 Å². The second-order valence-electron chi connectivity index (χ2n) is 5.80. The van der Waals surface area contributed by atoms with E-state index in [0.717, 1.165) is 32.5 Å². The van der Waals surface area contributed by atoms with Crippen molar-refractivity contribution in [3.63, 3.8) is 0 Å². The third-order valence-electron chi connectivity index (χ3n) is 3.96. The molecule has 2 N–H and O–H groups in total. The van der Waals surface area contributed by atoms with Crippen LogP contribution in [0, 0.1) is 5.92 Å². The van der Waals surface area contributed by atoms with Crippen molar-refractivity contribution < 1.29 is 24.2 Å². The summed E-state index contributed by atoms with van der Waals surface area (Å²) in [6.07, 6.45) is 3.26. The number of amides is 1. The zero-order valence-corrected chi connectivity index (χ0v) is 13.3. The van der Waals surface area contributed by atoms with E-state index in [1.807, 2.05) is 0 Å². The summed E-state index contributed by atoms with van der Waals surface area (Å²) < 4.78 is 10.3. The molecule has 6 nitrogen and oxygen atoms in total. The lowest BCUT2D eigenvalue weighted by Gasteiger charge is -2.21. The number of rotatable bonds is 7. The number of nitrogens with one attached hydrogen (secondary N) is 1. The Hall–Kier alpha value is -1.92. The molecule has 1 aromatic rings. The van der Waals surface area contributed by atoms with Gasteiger partial charge in [0.15, 0.2) is 0 Å². The quantitative estimate of drug-likeness (QED) is 0.806. The first-order chi connectivity index (χ1) is 11.1. The lowest BCUT2D eigenvalue weighted by atomic mass is 9.95. The number of hydrogen-bond donors (Lipinski definition) is 2. The number of carboxylic acids is 1. The molecule has 1 fully saturated rings. The third-order valence-corrected chi connectivity index (χ3v) is 3.96. The van der Waals surface area contributed by atoms with Gasteiger partial charge in [0.05, 0.1) is 12.2 Å². The zero-order valence-electron chi connectivity index (χ0n) is 13.3. The number of hydrogen-bond acceptors (Lipinski definition) is 4. The van der Waals surface area contributed by atoms with Crippen LogP contribution in [-0.2, 0) is 20.9 Å². The van der Waals surface area contributed by atoms with Crippen molar-refractivity contribution in [3.8, 4) is 0 Å². The average Bonchev–Trinajstić information content (AvgIpc) is 2.54. The van der Waals surface area contributed by atoms with Crippen molar-refractivity contribution in [1.29, 1.82) is 0 Å². The summed E-state index contributed by atoms with van der Waals surface area (Å²) in [5.74, 6) is -0.591. The number of ether oxygens (including phenoxy) is 2. The van der Waals surface area contributed by atoms with Gasteiger partial charge in [0.25, 0.3) is 0 Å². The van der Waals surface area contributed by atoms with Gasteiger partial charge in [-0.2, -0.15) is 0 Å². The van der Waals surface area contributed by atoms with Crippen LogP contribution in [0.5, 0.6) is 0 Å². The molecule has 0 aromatic heterocycles. The average molecular weight is 321 g/mol. The van der Waals surface area contributed by atoms with E-state index >= 15 is 0 Å². The van der Waals surface area contributed by atoms with E-state index in [-0.39, 0.29) is 11.5 Å². The predicted molar refractivity (Wildman–Crippen MR) is 85.5 cm³/mol. The summed E-state index contributed by atoms with van der Waals surface area (Å²) in [5.41, 5.74) is 1.35. The normalized spacial score (nSPS) is 15.3. The largest absolute Gasteiger partial charge is 0.478 e. The Labute approximate surface area is 135 Å². The van der Waals surface area contributed by atoms with Crippen molar-refractivity contribution in [2.24, 2.45) is 5.92 Å². The number of anilines is 1. The standard InChI is InChI=1S/C17H23NO5/c1-22-11-13-8-14(17(20)21)10-15(9-13)18-16(19)3-2-12-4-6-23-7-5-12/h8-10,12H,2-7,11H2,1H3,(H,18,19)(H,20,21). The van der Waals surface area contributed by atoms with Crippen molar-refractivity contribution in [2.75, 3.05) is 25.6 Å². The highest BCUT2D eigenvalue weighted by atomic mass is 16.5. The molecule has 1 amide bonds. The van der Waals surface area contributed by atoms with E-state index in [4.69, 9.17) is 14.6 Å². The summed E-state index contributed by atoms with van der Waals surface area (Å²) in [6.45, 7) is 1.84. The van der Waals surface area contributed by atoms with Gasteiger partial charge < -0.3 is 19.9 Å². The van der Waals surface area contributed by atoms with Crippen LogP contribution < -0.4 is 5.32 Å². The Bertz CT molecular complexity index is 552. The molecule has 0 radical (unpaired) electrons. The summed E-state index contributed by atoms with van der Waals surface area (Å²) in [5, 5.41) is 11.9. The van der Waals surface area contributed by atoms with Crippen LogP contribution in [0.2, 0.25) is 0 Å². The molecule has 1 aromatic carbocycles. The Morgan fingerprint density at radius 3 is 2.70 bits per heavy atom. The topological polar surface area (TPSA) is 84.9 Å². The smallest absolute Gasteiger partial charge is 0.335 e. The van der Waals surface area contributed by atoms with Gasteiger partial charge in [-0.3, -0.25) is 4.79 Å². The summed E-state index contributed by atoms with van der Waals surface area (Å²) in [7, 11) is 1.54. The van der Waals surface area contributed by atoms with Crippen molar-refractivity contribution in [2.45, 2.75) is 32.3 Å².